The first-order chi connectivity index (χ1) is 10.1. The van der Waals surface area contributed by atoms with Crippen molar-refractivity contribution >= 4 is 26.0 Å². The van der Waals surface area contributed by atoms with Crippen LogP contribution in [0.2, 0.25) is 0 Å². The summed E-state index contributed by atoms with van der Waals surface area (Å²) in [7, 11) is -10.2. The first-order valence-corrected chi connectivity index (χ1v) is 9.92. The van der Waals surface area contributed by atoms with Crippen molar-refractivity contribution in [3.05, 3.63) is 0 Å². The van der Waals surface area contributed by atoms with E-state index in [2.05, 4.69) is 10.6 Å². The Balaban J connectivity index is 0.000000355. The van der Waals surface area contributed by atoms with Gasteiger partial charge in [0.05, 0.1) is 0 Å². The molecule has 2 fully saturated rings. The minimum absolute atomic E-state index is 0.617. The molecule has 0 atom stereocenters. The van der Waals surface area contributed by atoms with Crippen LogP contribution in [0.3, 0.4) is 0 Å². The molecular weight excluding hydrogens is 336 g/mol. The summed E-state index contributed by atoms with van der Waals surface area (Å²) in [5, 5.41) is 6.44. The van der Waals surface area contributed by atoms with Gasteiger partial charge in [-0.15, -0.1) is 0 Å². The lowest BCUT2D eigenvalue weighted by Gasteiger charge is -2.05. The topological polar surface area (TPSA) is 150 Å². The van der Waals surface area contributed by atoms with Crippen molar-refractivity contribution in [2.75, 3.05) is 26.2 Å². The molecule has 2 aliphatic rings. The van der Waals surface area contributed by atoms with E-state index in [1.165, 1.54) is 51.9 Å². The van der Waals surface area contributed by atoms with Gasteiger partial charge in [0.2, 0.25) is 0 Å². The predicted octanol–water partition coefficient (Wildman–Crippen LogP) is -0.583. The van der Waals surface area contributed by atoms with E-state index in [1.807, 2.05) is 0 Å². The number of carbonyl (C=O) groups is 1. The highest BCUT2D eigenvalue weighted by Crippen LogP contribution is 2.07. The van der Waals surface area contributed by atoms with E-state index in [0.29, 0.717) is 6.92 Å². The van der Waals surface area contributed by atoms with Crippen molar-refractivity contribution < 1.29 is 30.7 Å². The molecule has 4 N–H and O–H groups in total. The highest BCUT2D eigenvalue weighted by molar-refractivity contribution is 8.05. The third kappa shape index (κ3) is 10.2. The Hall–Kier alpha value is -0.590. The Morgan fingerprint density at radius 3 is 1.14 bits per heavy atom. The Kier molecular flexibility index (Phi) is 9.96. The van der Waals surface area contributed by atoms with Crippen LogP contribution in [0.15, 0.2) is 0 Å². The van der Waals surface area contributed by atoms with E-state index in [4.69, 9.17) is 9.11 Å². The SMILES string of the molecule is C1CCNC1.C1CCNC1.CC(=O)C(S(=O)(=O)O)S(=O)(=O)O. The van der Waals surface area contributed by atoms with Gasteiger partial charge in [0.25, 0.3) is 24.8 Å². The van der Waals surface area contributed by atoms with Gasteiger partial charge in [-0.2, -0.15) is 16.8 Å². The lowest BCUT2D eigenvalue weighted by atomic mass is 10.4. The first-order valence-electron chi connectivity index (χ1n) is 6.91. The highest BCUT2D eigenvalue weighted by atomic mass is 32.3. The predicted molar refractivity (Wildman–Crippen MR) is 81.8 cm³/mol. The van der Waals surface area contributed by atoms with E-state index >= 15 is 0 Å². The number of hydrogen-bond acceptors (Lipinski definition) is 7. The Morgan fingerprint density at radius 2 is 1.09 bits per heavy atom. The molecule has 2 saturated heterocycles. The summed E-state index contributed by atoms with van der Waals surface area (Å²) < 4.78 is 54.5. The van der Waals surface area contributed by atoms with Crippen molar-refractivity contribution in [2.45, 2.75) is 37.2 Å². The molecule has 2 rings (SSSR count). The zero-order valence-corrected chi connectivity index (χ0v) is 14.1. The molecule has 0 unspecified atom stereocenters. The zero-order chi connectivity index (χ0) is 17.2. The third-order valence-electron chi connectivity index (χ3n) is 2.79. The molecule has 9 nitrogen and oxygen atoms in total. The van der Waals surface area contributed by atoms with E-state index < -0.39 is 30.6 Å². The largest absolute Gasteiger partial charge is 0.317 e. The molecular formula is C11H24N2O7S2. The number of hydrogen-bond donors (Lipinski definition) is 4. The molecule has 0 aromatic carbocycles. The molecule has 0 amide bonds. The van der Waals surface area contributed by atoms with E-state index in [1.54, 1.807) is 0 Å². The molecule has 0 bridgehead atoms. The molecule has 0 radical (unpaired) electrons. The van der Waals surface area contributed by atoms with Crippen LogP contribution >= 0.6 is 0 Å². The van der Waals surface area contributed by atoms with Gasteiger partial charge >= 0.3 is 0 Å². The molecule has 22 heavy (non-hydrogen) atoms. The summed E-state index contributed by atoms with van der Waals surface area (Å²) in [6.07, 6.45) is 5.56. The van der Waals surface area contributed by atoms with Gasteiger partial charge in [0.1, 0.15) is 0 Å². The lowest BCUT2D eigenvalue weighted by Crippen LogP contribution is -2.35. The maximum absolute atomic E-state index is 10.4. The monoisotopic (exact) mass is 360 g/mol. The summed E-state index contributed by atoms with van der Waals surface area (Å²) >= 11 is 0. The van der Waals surface area contributed by atoms with Crippen LogP contribution in [0.4, 0.5) is 0 Å². The van der Waals surface area contributed by atoms with Gasteiger partial charge in [-0.25, -0.2) is 0 Å². The van der Waals surface area contributed by atoms with Gasteiger partial charge in [-0.1, -0.05) is 0 Å². The summed E-state index contributed by atoms with van der Waals surface area (Å²) in [6, 6.07) is 0. The minimum atomic E-state index is -5.11. The Bertz CT molecular complexity index is 465. The third-order valence-corrected chi connectivity index (χ3v) is 5.99. The molecule has 2 heterocycles. The molecule has 0 aliphatic carbocycles. The van der Waals surface area contributed by atoms with Crippen molar-refractivity contribution in [1.29, 1.82) is 0 Å². The van der Waals surface area contributed by atoms with Crippen molar-refractivity contribution in [3.63, 3.8) is 0 Å². The Morgan fingerprint density at radius 1 is 0.818 bits per heavy atom. The molecule has 0 aromatic heterocycles. The smallest absolute Gasteiger partial charge is 0.292 e. The molecule has 11 heteroatoms. The van der Waals surface area contributed by atoms with Gasteiger partial charge in [0, 0.05) is 0 Å². The number of rotatable bonds is 3. The second-order valence-corrected chi connectivity index (χ2v) is 8.19. The average molecular weight is 360 g/mol. The van der Waals surface area contributed by atoms with Crippen LogP contribution in [0.1, 0.15) is 32.6 Å². The minimum Gasteiger partial charge on any atom is -0.317 e. The van der Waals surface area contributed by atoms with Crippen LogP contribution in [-0.2, 0) is 25.0 Å². The zero-order valence-electron chi connectivity index (χ0n) is 12.5. The van der Waals surface area contributed by atoms with Gasteiger partial charge in [0.15, 0.2) is 5.78 Å². The number of ketones is 1. The maximum atomic E-state index is 10.4. The number of carbonyl (C=O) groups excluding carboxylic acids is 1. The standard InChI is InChI=1S/2C4H9N.C3H6O7S2/c2*1-2-4-5-3-1;1-2(4)3(11(5,6)7)12(8,9)10/h2*5H,1-4H2;3H,1H3,(H,5,6,7)(H,8,9,10). The Labute approximate surface area is 131 Å². The number of Topliss-reactive ketones (excluding diaryl/α,β-unsaturated/α-hetero) is 1. The van der Waals surface area contributed by atoms with Gasteiger partial charge < -0.3 is 10.6 Å². The second kappa shape index (κ2) is 10.2. The quantitative estimate of drug-likeness (QED) is 0.484. The fourth-order valence-corrected chi connectivity index (χ4v) is 3.89. The van der Waals surface area contributed by atoms with Crippen LogP contribution in [0, 0.1) is 0 Å². The fourth-order valence-electron chi connectivity index (χ4n) is 1.82. The molecule has 0 saturated carbocycles. The van der Waals surface area contributed by atoms with Crippen LogP contribution < -0.4 is 10.6 Å². The first kappa shape index (κ1) is 21.4. The molecule has 0 spiro atoms. The fraction of sp³-hybridized carbons (Fsp3) is 0.909. The van der Waals surface area contributed by atoms with Gasteiger partial charge in [-0.3, -0.25) is 13.9 Å². The summed E-state index contributed by atoms with van der Waals surface area (Å²) in [4.78, 5) is 10.4. The van der Waals surface area contributed by atoms with E-state index in [0.717, 1.165) is 0 Å². The van der Waals surface area contributed by atoms with Crippen LogP contribution in [-0.4, -0.2) is 62.5 Å². The molecule has 132 valence electrons. The summed E-state index contributed by atoms with van der Waals surface area (Å²) in [5.41, 5.74) is 0. The normalized spacial score (nSPS) is 18.2. The van der Waals surface area contributed by atoms with E-state index in [-0.39, 0.29) is 0 Å². The second-order valence-electron chi connectivity index (χ2n) is 4.89. The molecule has 0 aromatic rings. The number of nitrogens with one attached hydrogen (secondary N) is 2. The van der Waals surface area contributed by atoms with Crippen molar-refractivity contribution in [1.82, 2.24) is 10.6 Å². The van der Waals surface area contributed by atoms with Crippen LogP contribution in [0.25, 0.3) is 0 Å². The lowest BCUT2D eigenvalue weighted by molar-refractivity contribution is -0.115. The average Bonchev–Trinajstić information content (AvgIpc) is 3.04. The van der Waals surface area contributed by atoms with Crippen molar-refractivity contribution in [2.24, 2.45) is 0 Å². The van der Waals surface area contributed by atoms with E-state index in [9.17, 15) is 21.6 Å². The molecule has 2 aliphatic heterocycles. The summed E-state index contributed by atoms with van der Waals surface area (Å²) in [5.74, 6) is -1.37. The van der Waals surface area contributed by atoms with Gasteiger partial charge in [-0.05, 0) is 58.8 Å². The maximum Gasteiger partial charge on any atom is 0.292 e. The summed E-state index contributed by atoms with van der Waals surface area (Å²) in [6.45, 7) is 5.62. The highest BCUT2D eigenvalue weighted by Gasteiger charge is 2.39. The van der Waals surface area contributed by atoms with Crippen LogP contribution in [0.5, 0.6) is 0 Å². The van der Waals surface area contributed by atoms with Crippen molar-refractivity contribution in [3.8, 4) is 0 Å².